The molecular formula is C2H5ClN2O3. The van der Waals surface area contributed by atoms with E-state index in [1.807, 2.05) is 0 Å². The quantitative estimate of drug-likeness (QED) is 0.401. The van der Waals surface area contributed by atoms with Gasteiger partial charge in [-0.3, -0.25) is 14.9 Å². The van der Waals surface area contributed by atoms with E-state index < -0.39 is 17.4 Å². The maximum Gasteiger partial charge on any atom is 0.289 e. The van der Waals surface area contributed by atoms with Crippen LogP contribution in [0.3, 0.4) is 0 Å². The van der Waals surface area contributed by atoms with Crippen LogP contribution in [0.1, 0.15) is 0 Å². The van der Waals surface area contributed by atoms with Gasteiger partial charge in [-0.2, -0.15) is 0 Å². The van der Waals surface area contributed by atoms with Gasteiger partial charge in [0.15, 0.2) is 0 Å². The maximum absolute atomic E-state index is 9.59. The van der Waals surface area contributed by atoms with Crippen molar-refractivity contribution in [3.63, 3.8) is 0 Å². The van der Waals surface area contributed by atoms with Crippen molar-refractivity contribution in [2.24, 2.45) is 5.73 Å². The molecule has 0 spiro atoms. The number of carbonyl (C=O) groups excluding carboxylic acids is 1. The highest BCUT2D eigenvalue weighted by Crippen LogP contribution is 1.61. The number of hydrogen-bond donors (Lipinski definition) is 1. The van der Waals surface area contributed by atoms with E-state index in [1.165, 1.54) is 0 Å². The van der Waals surface area contributed by atoms with Crippen LogP contribution in [0, 0.1) is 10.1 Å². The first-order valence-electron chi connectivity index (χ1n) is 1.53. The smallest absolute Gasteiger partial charge is 0.289 e. The molecule has 0 saturated heterocycles. The van der Waals surface area contributed by atoms with Crippen molar-refractivity contribution < 1.29 is 9.72 Å². The lowest BCUT2D eigenvalue weighted by atomic mass is 10.7. The molecule has 6 heteroatoms. The molecule has 1 amide bonds. The maximum atomic E-state index is 9.59. The van der Waals surface area contributed by atoms with E-state index in [-0.39, 0.29) is 12.4 Å². The van der Waals surface area contributed by atoms with Crippen molar-refractivity contribution in [2.45, 2.75) is 0 Å². The van der Waals surface area contributed by atoms with E-state index in [0.29, 0.717) is 0 Å². The van der Waals surface area contributed by atoms with Crippen LogP contribution in [0.2, 0.25) is 0 Å². The average Bonchev–Trinajstić information content (AvgIpc) is 1.27. The minimum absolute atomic E-state index is 0. The van der Waals surface area contributed by atoms with E-state index in [4.69, 9.17) is 0 Å². The van der Waals surface area contributed by atoms with Crippen LogP contribution >= 0.6 is 12.4 Å². The number of rotatable bonds is 2. The number of nitrogens with two attached hydrogens (primary N) is 1. The number of primary amides is 1. The van der Waals surface area contributed by atoms with Crippen LogP contribution in [-0.4, -0.2) is 17.4 Å². The van der Waals surface area contributed by atoms with Gasteiger partial charge in [-0.05, 0) is 0 Å². The summed E-state index contributed by atoms with van der Waals surface area (Å²) in [5.41, 5.74) is 4.41. The van der Waals surface area contributed by atoms with Gasteiger partial charge in [0.05, 0.1) is 0 Å². The summed E-state index contributed by atoms with van der Waals surface area (Å²) in [5.74, 6) is -0.912. The predicted molar refractivity (Wildman–Crippen MR) is 28.3 cm³/mol. The minimum Gasteiger partial charge on any atom is -0.364 e. The molecule has 0 atom stereocenters. The summed E-state index contributed by atoms with van der Waals surface area (Å²) >= 11 is 0. The molecule has 0 unspecified atom stereocenters. The van der Waals surface area contributed by atoms with Crippen LogP contribution in [-0.2, 0) is 4.79 Å². The Morgan fingerprint density at radius 1 is 1.75 bits per heavy atom. The van der Waals surface area contributed by atoms with E-state index >= 15 is 0 Å². The molecule has 0 rings (SSSR count). The Bertz CT molecular complexity index is 91.5. The first-order chi connectivity index (χ1) is 3.13. The fourth-order valence-corrected chi connectivity index (χ4v) is 0.127. The molecule has 48 valence electrons. The average molecular weight is 141 g/mol. The molecule has 0 saturated carbocycles. The molecule has 0 aliphatic heterocycles. The minimum atomic E-state index is -0.912. The Balaban J connectivity index is 0. The topological polar surface area (TPSA) is 86.2 Å². The Morgan fingerprint density at radius 3 is 2.12 bits per heavy atom. The molecule has 2 N–H and O–H groups in total. The molecule has 0 fully saturated rings. The van der Waals surface area contributed by atoms with Gasteiger partial charge in [0, 0.05) is 4.92 Å². The second-order valence-electron chi connectivity index (χ2n) is 0.957. The molecule has 0 aliphatic carbocycles. The molecule has 0 aliphatic rings. The largest absolute Gasteiger partial charge is 0.364 e. The van der Waals surface area contributed by atoms with Gasteiger partial charge >= 0.3 is 0 Å². The number of carbonyl (C=O) groups is 1. The Kier molecular flexibility index (Phi) is 5.51. The van der Waals surface area contributed by atoms with E-state index in [2.05, 4.69) is 5.73 Å². The summed E-state index contributed by atoms with van der Waals surface area (Å²) < 4.78 is 0. The molecule has 0 aromatic heterocycles. The molecule has 0 aromatic carbocycles. The van der Waals surface area contributed by atoms with Gasteiger partial charge in [0.25, 0.3) is 12.5 Å². The zero-order chi connectivity index (χ0) is 5.86. The second-order valence-corrected chi connectivity index (χ2v) is 0.957. The molecule has 0 aromatic rings. The summed E-state index contributed by atoms with van der Waals surface area (Å²) in [6, 6.07) is 0. The van der Waals surface area contributed by atoms with Crippen molar-refractivity contribution in [1.29, 1.82) is 0 Å². The predicted octanol–water partition coefficient (Wildman–Crippen LogP) is -0.830. The van der Waals surface area contributed by atoms with Gasteiger partial charge in [0.1, 0.15) is 0 Å². The van der Waals surface area contributed by atoms with Crippen LogP contribution in [0.4, 0.5) is 0 Å². The van der Waals surface area contributed by atoms with Crippen molar-refractivity contribution in [3.8, 4) is 0 Å². The number of nitrogens with zero attached hydrogens (tertiary/aromatic N) is 1. The third-order valence-corrected chi connectivity index (χ3v) is 0.285. The normalized spacial score (nSPS) is 7.00. The highest BCUT2D eigenvalue weighted by atomic mass is 35.5. The Morgan fingerprint density at radius 2 is 2.12 bits per heavy atom. The lowest BCUT2D eigenvalue weighted by Gasteiger charge is -1.81. The summed E-state index contributed by atoms with van der Waals surface area (Å²) in [4.78, 5) is 18.1. The van der Waals surface area contributed by atoms with Gasteiger partial charge in [0.2, 0.25) is 0 Å². The fourth-order valence-electron chi connectivity index (χ4n) is 0.127. The van der Waals surface area contributed by atoms with Crippen molar-refractivity contribution in [3.05, 3.63) is 10.1 Å². The zero-order valence-corrected chi connectivity index (χ0v) is 4.68. The summed E-state index contributed by atoms with van der Waals surface area (Å²) in [6.45, 7) is -0.778. The van der Waals surface area contributed by atoms with Crippen molar-refractivity contribution in [2.75, 3.05) is 6.54 Å². The number of amides is 1. The van der Waals surface area contributed by atoms with Crippen molar-refractivity contribution in [1.82, 2.24) is 0 Å². The third kappa shape index (κ3) is 8.94. The van der Waals surface area contributed by atoms with Gasteiger partial charge in [-0.1, -0.05) is 0 Å². The standard InChI is InChI=1S/C2H4N2O3.ClH/c3-2(5)1-4(6)7;/h1H2,(H2,3,5);1H. The van der Waals surface area contributed by atoms with Crippen LogP contribution in [0.15, 0.2) is 0 Å². The van der Waals surface area contributed by atoms with Crippen LogP contribution in [0.25, 0.3) is 0 Å². The van der Waals surface area contributed by atoms with Gasteiger partial charge < -0.3 is 5.73 Å². The molecule has 0 heterocycles. The zero-order valence-electron chi connectivity index (χ0n) is 3.86. The van der Waals surface area contributed by atoms with E-state index in [1.54, 1.807) is 0 Å². The first kappa shape index (κ1) is 10.2. The lowest BCUT2D eigenvalue weighted by Crippen LogP contribution is -2.21. The number of hydrogen-bond acceptors (Lipinski definition) is 3. The summed E-state index contributed by atoms with van der Waals surface area (Å²) in [6.07, 6.45) is 0. The van der Waals surface area contributed by atoms with Crippen LogP contribution in [0.5, 0.6) is 0 Å². The Labute approximate surface area is 51.4 Å². The highest BCUT2D eigenvalue weighted by molar-refractivity contribution is 5.85. The van der Waals surface area contributed by atoms with Crippen LogP contribution < -0.4 is 5.73 Å². The molecular weight excluding hydrogens is 135 g/mol. The third-order valence-electron chi connectivity index (χ3n) is 0.285. The molecule has 0 radical (unpaired) electrons. The highest BCUT2D eigenvalue weighted by Gasteiger charge is 2.00. The lowest BCUT2D eigenvalue weighted by molar-refractivity contribution is -0.467. The fraction of sp³-hybridized carbons (Fsp3) is 0.500. The second kappa shape index (κ2) is 4.32. The SMILES string of the molecule is Cl.NC(=O)C[N+](=O)[O-]. The molecule has 5 nitrogen and oxygen atoms in total. The molecule has 8 heavy (non-hydrogen) atoms. The number of halogens is 1. The summed E-state index contributed by atoms with van der Waals surface area (Å²) in [7, 11) is 0. The van der Waals surface area contributed by atoms with Gasteiger partial charge in [-0.15, -0.1) is 12.4 Å². The molecule has 0 bridgehead atoms. The van der Waals surface area contributed by atoms with Gasteiger partial charge in [-0.25, -0.2) is 0 Å². The van der Waals surface area contributed by atoms with E-state index in [9.17, 15) is 14.9 Å². The Hall–Kier alpha value is -0.840. The van der Waals surface area contributed by atoms with Crippen molar-refractivity contribution >= 4 is 18.3 Å². The summed E-state index contributed by atoms with van der Waals surface area (Å²) in [5, 5.41) is 9.31. The monoisotopic (exact) mass is 140 g/mol. The number of nitro groups is 1. The van der Waals surface area contributed by atoms with E-state index in [0.717, 1.165) is 0 Å². The first-order valence-corrected chi connectivity index (χ1v) is 1.53.